The predicted octanol–water partition coefficient (Wildman–Crippen LogP) is 0.707. The largest absolute Gasteiger partial charge is 0.468 e. The maximum Gasteiger partial charge on any atom is 0.323 e. The van der Waals surface area contributed by atoms with Gasteiger partial charge in [-0.1, -0.05) is 0 Å². The maximum atomic E-state index is 11.5. The number of hydrogen-bond acceptors (Lipinski definition) is 4. The van der Waals surface area contributed by atoms with Gasteiger partial charge in [0.15, 0.2) is 0 Å². The van der Waals surface area contributed by atoms with Gasteiger partial charge in [-0.15, -0.1) is 0 Å². The molecule has 2 aliphatic rings. The fourth-order valence-corrected chi connectivity index (χ4v) is 2.06. The molecular formula is C11H19NO3. The lowest BCUT2D eigenvalue weighted by Crippen LogP contribution is -2.43. The molecule has 0 aromatic carbocycles. The molecule has 2 unspecified atom stereocenters. The first-order chi connectivity index (χ1) is 7.31. The zero-order valence-corrected chi connectivity index (χ0v) is 9.20. The van der Waals surface area contributed by atoms with Gasteiger partial charge in [0, 0.05) is 13.2 Å². The van der Waals surface area contributed by atoms with E-state index in [9.17, 15) is 4.79 Å². The Labute approximate surface area is 90.3 Å². The molecule has 1 saturated heterocycles. The Bertz CT molecular complexity index is 222. The third-order valence-corrected chi connectivity index (χ3v) is 3.14. The zero-order chi connectivity index (χ0) is 10.7. The van der Waals surface area contributed by atoms with Crippen LogP contribution in [0.15, 0.2) is 0 Å². The van der Waals surface area contributed by atoms with Gasteiger partial charge in [0.05, 0.1) is 13.2 Å². The number of carbonyl (C=O) groups excluding carboxylic acids is 1. The molecule has 1 heterocycles. The van der Waals surface area contributed by atoms with Crippen LogP contribution in [0.1, 0.15) is 25.7 Å². The van der Waals surface area contributed by atoms with Crippen LogP contribution in [0.2, 0.25) is 0 Å². The van der Waals surface area contributed by atoms with Crippen LogP contribution in [-0.2, 0) is 14.3 Å². The SMILES string of the molecule is COC(=O)C(NCC1CCCO1)C1CC1. The van der Waals surface area contributed by atoms with E-state index in [0.29, 0.717) is 5.92 Å². The van der Waals surface area contributed by atoms with Crippen molar-refractivity contribution in [2.75, 3.05) is 20.3 Å². The summed E-state index contributed by atoms with van der Waals surface area (Å²) in [5.41, 5.74) is 0. The number of methoxy groups -OCH3 is 1. The van der Waals surface area contributed by atoms with E-state index in [1.54, 1.807) is 0 Å². The van der Waals surface area contributed by atoms with E-state index in [2.05, 4.69) is 5.32 Å². The highest BCUT2D eigenvalue weighted by molar-refractivity contribution is 5.76. The molecule has 2 rings (SSSR count). The summed E-state index contributed by atoms with van der Waals surface area (Å²) in [7, 11) is 1.45. The number of ether oxygens (including phenoxy) is 2. The molecule has 0 spiro atoms. The van der Waals surface area contributed by atoms with Gasteiger partial charge in [0.25, 0.3) is 0 Å². The highest BCUT2D eigenvalue weighted by Crippen LogP contribution is 2.33. The van der Waals surface area contributed by atoms with Crippen molar-refractivity contribution in [2.24, 2.45) is 5.92 Å². The van der Waals surface area contributed by atoms with Gasteiger partial charge in [-0.2, -0.15) is 0 Å². The molecule has 0 bridgehead atoms. The Kier molecular flexibility index (Phi) is 3.59. The average molecular weight is 213 g/mol. The van der Waals surface area contributed by atoms with E-state index in [1.807, 2.05) is 0 Å². The number of hydrogen-bond donors (Lipinski definition) is 1. The number of esters is 1. The summed E-state index contributed by atoms with van der Waals surface area (Å²) in [6.45, 7) is 1.63. The highest BCUT2D eigenvalue weighted by atomic mass is 16.5. The molecule has 1 saturated carbocycles. The minimum atomic E-state index is -0.129. The van der Waals surface area contributed by atoms with E-state index in [0.717, 1.165) is 38.8 Å². The Morgan fingerprint density at radius 3 is 2.87 bits per heavy atom. The molecule has 1 aliphatic carbocycles. The lowest BCUT2D eigenvalue weighted by atomic mass is 10.1. The molecular weight excluding hydrogens is 194 g/mol. The topological polar surface area (TPSA) is 47.6 Å². The lowest BCUT2D eigenvalue weighted by Gasteiger charge is -2.18. The monoisotopic (exact) mass is 213 g/mol. The first-order valence-electron chi connectivity index (χ1n) is 5.74. The average Bonchev–Trinajstić information content (AvgIpc) is 2.95. The Hall–Kier alpha value is -0.610. The molecule has 0 radical (unpaired) electrons. The van der Waals surface area contributed by atoms with E-state index in [1.165, 1.54) is 7.11 Å². The minimum Gasteiger partial charge on any atom is -0.468 e. The molecule has 15 heavy (non-hydrogen) atoms. The molecule has 0 aromatic rings. The number of nitrogens with one attached hydrogen (secondary N) is 1. The van der Waals surface area contributed by atoms with Crippen molar-refractivity contribution in [2.45, 2.75) is 37.8 Å². The van der Waals surface area contributed by atoms with Gasteiger partial charge in [0.2, 0.25) is 0 Å². The van der Waals surface area contributed by atoms with Crippen LogP contribution in [0.5, 0.6) is 0 Å². The molecule has 2 fully saturated rings. The summed E-state index contributed by atoms with van der Waals surface area (Å²) in [6.07, 6.45) is 4.80. The van der Waals surface area contributed by atoms with Gasteiger partial charge in [-0.05, 0) is 31.6 Å². The second-order valence-electron chi connectivity index (χ2n) is 4.38. The number of carbonyl (C=O) groups is 1. The fourth-order valence-electron chi connectivity index (χ4n) is 2.06. The second-order valence-corrected chi connectivity index (χ2v) is 4.38. The van der Waals surface area contributed by atoms with Crippen molar-refractivity contribution >= 4 is 5.97 Å². The minimum absolute atomic E-state index is 0.112. The summed E-state index contributed by atoms with van der Waals surface area (Å²) < 4.78 is 10.3. The first kappa shape index (κ1) is 10.9. The molecule has 0 amide bonds. The van der Waals surface area contributed by atoms with Crippen LogP contribution < -0.4 is 5.32 Å². The van der Waals surface area contributed by atoms with E-state index < -0.39 is 0 Å². The van der Waals surface area contributed by atoms with Gasteiger partial charge < -0.3 is 14.8 Å². The zero-order valence-electron chi connectivity index (χ0n) is 9.20. The Morgan fingerprint density at radius 1 is 1.53 bits per heavy atom. The summed E-state index contributed by atoms with van der Waals surface area (Å²) in [5.74, 6) is 0.356. The molecule has 86 valence electrons. The number of rotatable bonds is 5. The van der Waals surface area contributed by atoms with Crippen LogP contribution in [0.3, 0.4) is 0 Å². The molecule has 4 heteroatoms. The summed E-state index contributed by atoms with van der Waals surface area (Å²) in [6, 6.07) is -0.112. The predicted molar refractivity (Wildman–Crippen MR) is 55.5 cm³/mol. The van der Waals surface area contributed by atoms with Crippen LogP contribution in [0, 0.1) is 5.92 Å². The smallest absolute Gasteiger partial charge is 0.323 e. The summed E-state index contributed by atoms with van der Waals surface area (Å²) >= 11 is 0. The van der Waals surface area contributed by atoms with Crippen molar-refractivity contribution in [3.8, 4) is 0 Å². The molecule has 1 aliphatic heterocycles. The second kappa shape index (κ2) is 4.94. The van der Waals surface area contributed by atoms with Gasteiger partial charge in [0.1, 0.15) is 6.04 Å². The van der Waals surface area contributed by atoms with Crippen molar-refractivity contribution in [3.05, 3.63) is 0 Å². The van der Waals surface area contributed by atoms with Crippen molar-refractivity contribution in [1.82, 2.24) is 5.32 Å². The molecule has 4 nitrogen and oxygen atoms in total. The highest BCUT2D eigenvalue weighted by Gasteiger charge is 2.37. The van der Waals surface area contributed by atoms with Crippen LogP contribution >= 0.6 is 0 Å². The third-order valence-electron chi connectivity index (χ3n) is 3.14. The van der Waals surface area contributed by atoms with Crippen LogP contribution in [-0.4, -0.2) is 38.4 Å². The Balaban J connectivity index is 1.75. The van der Waals surface area contributed by atoms with Crippen molar-refractivity contribution in [3.63, 3.8) is 0 Å². The lowest BCUT2D eigenvalue weighted by molar-refractivity contribution is -0.143. The van der Waals surface area contributed by atoms with E-state index >= 15 is 0 Å². The van der Waals surface area contributed by atoms with Crippen LogP contribution in [0.25, 0.3) is 0 Å². The van der Waals surface area contributed by atoms with Crippen molar-refractivity contribution < 1.29 is 14.3 Å². The molecule has 2 atom stereocenters. The first-order valence-corrected chi connectivity index (χ1v) is 5.74. The van der Waals surface area contributed by atoms with Gasteiger partial charge >= 0.3 is 5.97 Å². The third kappa shape index (κ3) is 2.92. The Morgan fingerprint density at radius 2 is 2.33 bits per heavy atom. The standard InChI is InChI=1S/C11H19NO3/c1-14-11(13)10(8-4-5-8)12-7-9-3-2-6-15-9/h8-10,12H,2-7H2,1H3. The van der Waals surface area contributed by atoms with Crippen molar-refractivity contribution in [1.29, 1.82) is 0 Å². The van der Waals surface area contributed by atoms with Gasteiger partial charge in [-0.25, -0.2) is 0 Å². The molecule has 1 N–H and O–H groups in total. The van der Waals surface area contributed by atoms with E-state index in [-0.39, 0.29) is 18.1 Å². The molecule has 0 aromatic heterocycles. The quantitative estimate of drug-likeness (QED) is 0.683. The normalized spacial score (nSPS) is 27.7. The summed E-state index contributed by atoms with van der Waals surface area (Å²) in [4.78, 5) is 11.5. The fraction of sp³-hybridized carbons (Fsp3) is 0.909. The summed E-state index contributed by atoms with van der Waals surface area (Å²) in [5, 5.41) is 3.27. The van der Waals surface area contributed by atoms with E-state index in [4.69, 9.17) is 9.47 Å². The maximum absolute atomic E-state index is 11.5. The van der Waals surface area contributed by atoms with Crippen LogP contribution in [0.4, 0.5) is 0 Å². The van der Waals surface area contributed by atoms with Gasteiger partial charge in [-0.3, -0.25) is 4.79 Å².